The zero-order valence-corrected chi connectivity index (χ0v) is 10.2. The van der Waals surface area contributed by atoms with E-state index in [-0.39, 0.29) is 12.4 Å². The summed E-state index contributed by atoms with van der Waals surface area (Å²) < 4.78 is 9.66. The first-order valence-electron chi connectivity index (χ1n) is 5.71. The molecule has 0 fully saturated rings. The summed E-state index contributed by atoms with van der Waals surface area (Å²) in [4.78, 5) is 22.8. The van der Waals surface area contributed by atoms with Gasteiger partial charge in [0.2, 0.25) is 0 Å². The van der Waals surface area contributed by atoms with Crippen molar-refractivity contribution in [3.8, 4) is 0 Å². The van der Waals surface area contributed by atoms with Gasteiger partial charge in [-0.1, -0.05) is 6.92 Å². The quantitative estimate of drug-likeness (QED) is 0.628. The van der Waals surface area contributed by atoms with Gasteiger partial charge in [0.25, 0.3) is 0 Å². The molecule has 0 aromatic heterocycles. The van der Waals surface area contributed by atoms with Crippen LogP contribution in [0.4, 0.5) is 0 Å². The summed E-state index contributed by atoms with van der Waals surface area (Å²) in [6.07, 6.45) is 0.908. The number of ether oxygens (including phenoxy) is 2. The van der Waals surface area contributed by atoms with Gasteiger partial charge < -0.3 is 14.8 Å². The Hall–Kier alpha value is -1.10. The molecule has 0 aliphatic carbocycles. The minimum Gasteiger partial charge on any atom is -0.466 e. The van der Waals surface area contributed by atoms with Crippen molar-refractivity contribution < 1.29 is 19.1 Å². The van der Waals surface area contributed by atoms with Gasteiger partial charge in [0.1, 0.15) is 6.04 Å². The monoisotopic (exact) mass is 231 g/mol. The first-order valence-corrected chi connectivity index (χ1v) is 5.71. The van der Waals surface area contributed by atoms with Crippen LogP contribution in [0.1, 0.15) is 33.6 Å². The molecule has 5 heteroatoms. The Kier molecular flexibility index (Phi) is 8.52. The van der Waals surface area contributed by atoms with Crippen LogP contribution in [-0.2, 0) is 19.1 Å². The molecule has 1 N–H and O–H groups in total. The summed E-state index contributed by atoms with van der Waals surface area (Å²) >= 11 is 0. The van der Waals surface area contributed by atoms with Crippen molar-refractivity contribution in [2.24, 2.45) is 0 Å². The van der Waals surface area contributed by atoms with Gasteiger partial charge in [-0.25, -0.2) is 0 Å². The molecule has 1 unspecified atom stereocenters. The zero-order valence-electron chi connectivity index (χ0n) is 10.2. The van der Waals surface area contributed by atoms with Gasteiger partial charge >= 0.3 is 11.9 Å². The fourth-order valence-corrected chi connectivity index (χ4v) is 1.19. The Morgan fingerprint density at radius 2 is 1.75 bits per heavy atom. The van der Waals surface area contributed by atoms with Crippen LogP contribution in [0.25, 0.3) is 0 Å². The SMILES string of the molecule is CCCNC(CC(=O)OCC)C(=O)OCC. The maximum Gasteiger partial charge on any atom is 0.323 e. The maximum atomic E-state index is 11.5. The van der Waals surface area contributed by atoms with E-state index in [0.29, 0.717) is 19.8 Å². The molecule has 0 rings (SSSR count). The van der Waals surface area contributed by atoms with E-state index in [4.69, 9.17) is 9.47 Å². The van der Waals surface area contributed by atoms with Crippen LogP contribution in [0, 0.1) is 0 Å². The molecular weight excluding hydrogens is 210 g/mol. The van der Waals surface area contributed by atoms with Gasteiger partial charge in [0.05, 0.1) is 19.6 Å². The van der Waals surface area contributed by atoms with Gasteiger partial charge in [-0.3, -0.25) is 9.59 Å². The Morgan fingerprint density at radius 3 is 2.25 bits per heavy atom. The Bertz CT molecular complexity index is 218. The first-order chi connectivity index (χ1) is 7.65. The predicted molar refractivity (Wildman–Crippen MR) is 60.0 cm³/mol. The third kappa shape index (κ3) is 6.40. The van der Waals surface area contributed by atoms with Crippen LogP contribution in [0.2, 0.25) is 0 Å². The van der Waals surface area contributed by atoms with Crippen LogP contribution in [0.15, 0.2) is 0 Å². The standard InChI is InChI=1S/C11H21NO4/c1-4-7-12-9(11(14)16-6-3)8-10(13)15-5-2/h9,12H,4-8H2,1-3H3. The Balaban J connectivity index is 4.18. The second-order valence-electron chi connectivity index (χ2n) is 3.27. The highest BCUT2D eigenvalue weighted by molar-refractivity contribution is 5.82. The topological polar surface area (TPSA) is 64.6 Å². The molecule has 0 aliphatic heterocycles. The average Bonchev–Trinajstić information content (AvgIpc) is 2.24. The lowest BCUT2D eigenvalue weighted by Gasteiger charge is -2.15. The lowest BCUT2D eigenvalue weighted by Crippen LogP contribution is -2.40. The molecule has 0 radical (unpaired) electrons. The number of hydrogen-bond donors (Lipinski definition) is 1. The lowest BCUT2D eigenvalue weighted by atomic mass is 10.2. The van der Waals surface area contributed by atoms with Gasteiger partial charge in [0, 0.05) is 0 Å². The Morgan fingerprint density at radius 1 is 1.12 bits per heavy atom. The molecule has 0 saturated heterocycles. The van der Waals surface area contributed by atoms with E-state index in [2.05, 4.69) is 5.32 Å². The molecule has 0 spiro atoms. The summed E-state index contributed by atoms with van der Waals surface area (Å²) in [6.45, 7) is 6.76. The van der Waals surface area contributed by atoms with E-state index in [1.54, 1.807) is 13.8 Å². The van der Waals surface area contributed by atoms with Crippen molar-refractivity contribution in [1.82, 2.24) is 5.32 Å². The fourth-order valence-electron chi connectivity index (χ4n) is 1.19. The molecule has 94 valence electrons. The van der Waals surface area contributed by atoms with E-state index < -0.39 is 12.0 Å². The highest BCUT2D eigenvalue weighted by Crippen LogP contribution is 1.99. The van der Waals surface area contributed by atoms with Crippen LogP contribution >= 0.6 is 0 Å². The number of carbonyl (C=O) groups is 2. The van der Waals surface area contributed by atoms with Crippen molar-refractivity contribution in [3.63, 3.8) is 0 Å². The minimum absolute atomic E-state index is 0.0205. The van der Waals surface area contributed by atoms with Gasteiger partial charge in [-0.05, 0) is 26.8 Å². The summed E-state index contributed by atoms with van der Waals surface area (Å²) in [7, 11) is 0. The van der Waals surface area contributed by atoms with E-state index in [0.717, 1.165) is 6.42 Å². The molecule has 1 atom stereocenters. The van der Waals surface area contributed by atoms with Gasteiger partial charge in [0.15, 0.2) is 0 Å². The smallest absolute Gasteiger partial charge is 0.323 e. The van der Waals surface area contributed by atoms with Crippen LogP contribution in [0.5, 0.6) is 0 Å². The highest BCUT2D eigenvalue weighted by Gasteiger charge is 2.22. The normalized spacial score (nSPS) is 11.9. The summed E-state index contributed by atoms with van der Waals surface area (Å²) in [5.74, 6) is -0.784. The molecule has 0 heterocycles. The van der Waals surface area contributed by atoms with Crippen molar-refractivity contribution in [3.05, 3.63) is 0 Å². The molecule has 0 aromatic carbocycles. The number of nitrogens with one attached hydrogen (secondary N) is 1. The van der Waals surface area contributed by atoms with E-state index in [1.807, 2.05) is 6.92 Å². The third-order valence-electron chi connectivity index (χ3n) is 1.89. The van der Waals surface area contributed by atoms with E-state index >= 15 is 0 Å². The Labute approximate surface area is 96.5 Å². The largest absolute Gasteiger partial charge is 0.466 e. The number of rotatable bonds is 8. The third-order valence-corrected chi connectivity index (χ3v) is 1.89. The zero-order chi connectivity index (χ0) is 12.4. The number of esters is 2. The molecule has 16 heavy (non-hydrogen) atoms. The second-order valence-corrected chi connectivity index (χ2v) is 3.27. The van der Waals surface area contributed by atoms with E-state index in [9.17, 15) is 9.59 Å². The van der Waals surface area contributed by atoms with Crippen molar-refractivity contribution >= 4 is 11.9 Å². The summed E-state index contributed by atoms with van der Waals surface area (Å²) in [5, 5.41) is 2.97. The molecule has 5 nitrogen and oxygen atoms in total. The molecule has 0 bridgehead atoms. The van der Waals surface area contributed by atoms with Crippen LogP contribution < -0.4 is 5.32 Å². The van der Waals surface area contributed by atoms with Crippen LogP contribution in [0.3, 0.4) is 0 Å². The van der Waals surface area contributed by atoms with Crippen molar-refractivity contribution in [2.45, 2.75) is 39.7 Å². The highest BCUT2D eigenvalue weighted by atomic mass is 16.5. The summed E-state index contributed by atoms with van der Waals surface area (Å²) in [5.41, 5.74) is 0. The number of hydrogen-bond acceptors (Lipinski definition) is 5. The van der Waals surface area contributed by atoms with Gasteiger partial charge in [-0.2, -0.15) is 0 Å². The fraction of sp³-hybridized carbons (Fsp3) is 0.818. The molecule has 0 aliphatic rings. The molecule has 0 amide bonds. The van der Waals surface area contributed by atoms with Crippen LogP contribution in [-0.4, -0.2) is 37.7 Å². The molecular formula is C11H21NO4. The van der Waals surface area contributed by atoms with Gasteiger partial charge in [-0.15, -0.1) is 0 Å². The minimum atomic E-state index is -0.598. The van der Waals surface area contributed by atoms with E-state index in [1.165, 1.54) is 0 Å². The second kappa shape index (κ2) is 9.15. The summed E-state index contributed by atoms with van der Waals surface area (Å²) in [6, 6.07) is -0.598. The maximum absolute atomic E-state index is 11.5. The lowest BCUT2D eigenvalue weighted by molar-refractivity contribution is -0.152. The van der Waals surface area contributed by atoms with Crippen molar-refractivity contribution in [2.75, 3.05) is 19.8 Å². The van der Waals surface area contributed by atoms with Crippen molar-refractivity contribution in [1.29, 1.82) is 0 Å². The molecule has 0 aromatic rings. The first kappa shape index (κ1) is 14.9. The average molecular weight is 231 g/mol. The number of carbonyl (C=O) groups excluding carboxylic acids is 2. The predicted octanol–water partition coefficient (Wildman–Crippen LogP) is 0.871. The molecule has 0 saturated carbocycles.